The molecule has 0 aromatic rings. The number of hydrogen-bond acceptors (Lipinski definition) is 6. The third-order valence-corrected chi connectivity index (χ3v) is 1.69. The van der Waals surface area contributed by atoms with Crippen LogP contribution in [0.4, 0.5) is 4.79 Å². The molecule has 98 valence electrons. The molecule has 0 fully saturated rings. The average molecular weight is 247 g/mol. The summed E-state index contributed by atoms with van der Waals surface area (Å²) in [7, 11) is 2.37. The van der Waals surface area contributed by atoms with Crippen LogP contribution in [-0.4, -0.2) is 56.3 Å². The molecule has 0 aliphatic rings. The van der Waals surface area contributed by atoms with Gasteiger partial charge >= 0.3 is 18.0 Å². The molecule has 0 saturated heterocycles. The molecule has 1 amide bonds. The number of carbonyl (C=O) groups is 3. The van der Waals surface area contributed by atoms with Crippen LogP contribution in [0.3, 0.4) is 0 Å². The second-order valence-corrected chi connectivity index (χ2v) is 3.44. The first-order valence-electron chi connectivity index (χ1n) is 4.99. The molecule has 7 nitrogen and oxygen atoms in total. The van der Waals surface area contributed by atoms with Crippen LogP contribution in [0.1, 0.15) is 13.8 Å². The smallest absolute Gasteiger partial charge is 0.411 e. The highest BCUT2D eigenvalue weighted by Crippen LogP contribution is 1.99. The second kappa shape index (κ2) is 7.48. The highest BCUT2D eigenvalue weighted by Gasteiger charge is 2.22. The Labute approximate surface area is 99.6 Å². The molecule has 0 aromatic carbocycles. The summed E-state index contributed by atoms with van der Waals surface area (Å²) in [5, 5.41) is 0. The first kappa shape index (κ1) is 15.2. The summed E-state index contributed by atoms with van der Waals surface area (Å²) in [5.74, 6) is -1.29. The molecule has 0 saturated carbocycles. The van der Waals surface area contributed by atoms with Gasteiger partial charge in [0.15, 0.2) is 0 Å². The Bertz CT molecular complexity index is 271. The number of ether oxygens (including phenoxy) is 3. The van der Waals surface area contributed by atoms with E-state index in [1.165, 1.54) is 14.2 Å². The van der Waals surface area contributed by atoms with E-state index >= 15 is 0 Å². The number of carbonyl (C=O) groups excluding carboxylic acids is 3. The molecule has 0 bridgehead atoms. The molecule has 0 aliphatic heterocycles. The van der Waals surface area contributed by atoms with Crippen molar-refractivity contribution in [3.8, 4) is 0 Å². The van der Waals surface area contributed by atoms with Gasteiger partial charge in [0.1, 0.15) is 13.1 Å². The standard InChI is InChI=1S/C10H17NO6/c1-7(2)17-10(14)11(5-8(12)15-3)6-9(13)16-4/h7H,5-6H2,1-4H3. The molecule has 7 heteroatoms. The Hall–Kier alpha value is -1.79. The largest absolute Gasteiger partial charge is 0.468 e. The molecule has 0 rings (SSSR count). The Kier molecular flexibility index (Phi) is 6.69. The van der Waals surface area contributed by atoms with Crippen molar-refractivity contribution in [2.24, 2.45) is 0 Å². The maximum atomic E-state index is 11.5. The minimum absolute atomic E-state index is 0.347. The molecule has 0 N–H and O–H groups in total. The minimum Gasteiger partial charge on any atom is -0.468 e. The van der Waals surface area contributed by atoms with Gasteiger partial charge < -0.3 is 14.2 Å². The predicted molar refractivity (Wildman–Crippen MR) is 57.2 cm³/mol. The zero-order valence-electron chi connectivity index (χ0n) is 10.4. The molecule has 0 heterocycles. The maximum Gasteiger partial charge on any atom is 0.411 e. The van der Waals surface area contributed by atoms with Crippen LogP contribution >= 0.6 is 0 Å². The summed E-state index contributed by atoms with van der Waals surface area (Å²) in [6.45, 7) is 2.59. The first-order chi connectivity index (χ1) is 7.90. The molecular formula is C10H17NO6. The Morgan fingerprint density at radius 1 is 1.00 bits per heavy atom. The van der Waals surface area contributed by atoms with Crippen molar-refractivity contribution < 1.29 is 28.6 Å². The summed E-state index contributed by atoms with van der Waals surface area (Å²) in [6, 6.07) is 0. The lowest BCUT2D eigenvalue weighted by molar-refractivity contribution is -0.145. The topological polar surface area (TPSA) is 82.1 Å². The number of amides is 1. The van der Waals surface area contributed by atoms with Crippen LogP contribution in [-0.2, 0) is 23.8 Å². The molecule has 0 unspecified atom stereocenters. The third-order valence-electron chi connectivity index (χ3n) is 1.69. The lowest BCUT2D eigenvalue weighted by Crippen LogP contribution is -2.41. The molecule has 0 radical (unpaired) electrons. The normalized spacial score (nSPS) is 9.71. The van der Waals surface area contributed by atoms with Crippen LogP contribution in [0.15, 0.2) is 0 Å². The van der Waals surface area contributed by atoms with Gasteiger partial charge in [0, 0.05) is 0 Å². The number of hydrogen-bond donors (Lipinski definition) is 0. The Morgan fingerprint density at radius 3 is 1.71 bits per heavy atom. The van der Waals surface area contributed by atoms with Gasteiger partial charge in [-0.05, 0) is 13.8 Å². The van der Waals surface area contributed by atoms with E-state index in [9.17, 15) is 14.4 Å². The molecule has 0 atom stereocenters. The van der Waals surface area contributed by atoms with Gasteiger partial charge in [-0.2, -0.15) is 0 Å². The molecule has 0 aliphatic carbocycles. The quantitative estimate of drug-likeness (QED) is 0.509. The zero-order chi connectivity index (χ0) is 13.4. The van der Waals surface area contributed by atoms with Crippen LogP contribution in [0.5, 0.6) is 0 Å². The molecule has 17 heavy (non-hydrogen) atoms. The van der Waals surface area contributed by atoms with E-state index < -0.39 is 18.0 Å². The molecule has 0 aromatic heterocycles. The van der Waals surface area contributed by atoms with E-state index in [0.717, 1.165) is 4.90 Å². The fourth-order valence-corrected chi connectivity index (χ4v) is 0.902. The van der Waals surface area contributed by atoms with Gasteiger partial charge in [-0.15, -0.1) is 0 Å². The van der Waals surface area contributed by atoms with Crippen molar-refractivity contribution in [2.75, 3.05) is 27.3 Å². The summed E-state index contributed by atoms with van der Waals surface area (Å²) in [4.78, 5) is 34.6. The lowest BCUT2D eigenvalue weighted by Gasteiger charge is -2.20. The Balaban J connectivity index is 4.54. The van der Waals surface area contributed by atoms with Crippen LogP contribution < -0.4 is 0 Å². The fraction of sp³-hybridized carbons (Fsp3) is 0.700. The summed E-state index contributed by atoms with van der Waals surface area (Å²) in [5.41, 5.74) is 0. The van der Waals surface area contributed by atoms with E-state index in [1.54, 1.807) is 13.8 Å². The van der Waals surface area contributed by atoms with E-state index in [2.05, 4.69) is 9.47 Å². The first-order valence-corrected chi connectivity index (χ1v) is 4.99. The monoisotopic (exact) mass is 247 g/mol. The Morgan fingerprint density at radius 2 is 1.41 bits per heavy atom. The maximum absolute atomic E-state index is 11.5. The summed E-state index contributed by atoms with van der Waals surface area (Å²) in [6.07, 6.45) is -1.11. The van der Waals surface area contributed by atoms with Crippen molar-refractivity contribution in [2.45, 2.75) is 20.0 Å². The average Bonchev–Trinajstić information content (AvgIpc) is 2.26. The van der Waals surface area contributed by atoms with Crippen LogP contribution in [0.2, 0.25) is 0 Å². The van der Waals surface area contributed by atoms with E-state index in [-0.39, 0.29) is 19.2 Å². The van der Waals surface area contributed by atoms with Crippen molar-refractivity contribution in [1.82, 2.24) is 4.90 Å². The van der Waals surface area contributed by atoms with Gasteiger partial charge in [0.25, 0.3) is 0 Å². The number of methoxy groups -OCH3 is 2. The molecular weight excluding hydrogens is 230 g/mol. The van der Waals surface area contributed by atoms with Gasteiger partial charge in [0.05, 0.1) is 20.3 Å². The number of esters is 2. The minimum atomic E-state index is -0.768. The van der Waals surface area contributed by atoms with Gasteiger partial charge in [-0.25, -0.2) is 4.79 Å². The predicted octanol–water partition coefficient (Wildman–Crippen LogP) is 0.179. The van der Waals surface area contributed by atoms with Crippen molar-refractivity contribution >= 4 is 18.0 Å². The van der Waals surface area contributed by atoms with E-state index in [4.69, 9.17) is 4.74 Å². The van der Waals surface area contributed by atoms with E-state index in [1.807, 2.05) is 0 Å². The third kappa shape index (κ3) is 6.39. The fourth-order valence-electron chi connectivity index (χ4n) is 0.902. The highest BCUT2D eigenvalue weighted by atomic mass is 16.6. The highest BCUT2D eigenvalue weighted by molar-refractivity contribution is 5.82. The summed E-state index contributed by atoms with van der Waals surface area (Å²) < 4.78 is 13.7. The van der Waals surface area contributed by atoms with Gasteiger partial charge in [-0.1, -0.05) is 0 Å². The molecule has 0 spiro atoms. The summed E-state index contributed by atoms with van der Waals surface area (Å²) >= 11 is 0. The van der Waals surface area contributed by atoms with Crippen LogP contribution in [0, 0.1) is 0 Å². The number of nitrogens with zero attached hydrogens (tertiary/aromatic N) is 1. The zero-order valence-corrected chi connectivity index (χ0v) is 10.4. The SMILES string of the molecule is COC(=O)CN(CC(=O)OC)C(=O)OC(C)C. The number of rotatable bonds is 5. The second-order valence-electron chi connectivity index (χ2n) is 3.44. The van der Waals surface area contributed by atoms with Crippen molar-refractivity contribution in [1.29, 1.82) is 0 Å². The van der Waals surface area contributed by atoms with Crippen molar-refractivity contribution in [3.63, 3.8) is 0 Å². The van der Waals surface area contributed by atoms with Crippen LogP contribution in [0.25, 0.3) is 0 Å². The van der Waals surface area contributed by atoms with Gasteiger partial charge in [0.2, 0.25) is 0 Å². The lowest BCUT2D eigenvalue weighted by atomic mass is 10.4. The van der Waals surface area contributed by atoms with Gasteiger partial charge in [-0.3, -0.25) is 14.5 Å². The van der Waals surface area contributed by atoms with Crippen molar-refractivity contribution in [3.05, 3.63) is 0 Å². The van der Waals surface area contributed by atoms with E-state index in [0.29, 0.717) is 0 Å².